The van der Waals surface area contributed by atoms with E-state index in [1.807, 2.05) is 5.32 Å². The predicted molar refractivity (Wildman–Crippen MR) is 137 cm³/mol. The van der Waals surface area contributed by atoms with Crippen molar-refractivity contribution in [1.29, 1.82) is 0 Å². The Labute approximate surface area is 231 Å². The Morgan fingerprint density at radius 1 is 1.15 bits per heavy atom. The molecule has 40 heavy (non-hydrogen) atoms. The number of esters is 2. The van der Waals surface area contributed by atoms with Gasteiger partial charge < -0.3 is 30.1 Å². The lowest BCUT2D eigenvalue weighted by Gasteiger charge is -2.62. The first-order valence-electron chi connectivity index (χ1n) is 13.2. The van der Waals surface area contributed by atoms with Gasteiger partial charge in [0.2, 0.25) is 0 Å². The van der Waals surface area contributed by atoms with Crippen LogP contribution >= 0.6 is 0 Å². The number of allylic oxidation sites excluding steroid dienone is 4. The second-order valence-electron chi connectivity index (χ2n) is 11.5. The van der Waals surface area contributed by atoms with E-state index in [2.05, 4.69) is 9.47 Å². The highest BCUT2D eigenvalue weighted by Crippen LogP contribution is 2.70. The zero-order chi connectivity index (χ0) is 30.3. The molecule has 4 aliphatic carbocycles. The molecule has 0 heterocycles. The third-order valence-corrected chi connectivity index (χ3v) is 9.78. The number of carbonyl (C=O) groups is 5. The van der Waals surface area contributed by atoms with E-state index in [0.29, 0.717) is 24.8 Å². The van der Waals surface area contributed by atoms with Crippen LogP contribution in [-0.4, -0.2) is 89.5 Å². The van der Waals surface area contributed by atoms with E-state index in [4.69, 9.17) is 0 Å². The van der Waals surface area contributed by atoms with E-state index in [1.54, 1.807) is 26.8 Å². The molecule has 0 bridgehead atoms. The Balaban J connectivity index is 0.000000312. The van der Waals surface area contributed by atoms with E-state index in [1.165, 1.54) is 19.3 Å². The summed E-state index contributed by atoms with van der Waals surface area (Å²) in [4.78, 5) is 55.8. The molecule has 0 spiro atoms. The number of ether oxygens (including phenoxy) is 2. The average molecular weight is 568 g/mol. The first kappa shape index (κ1) is 31.6. The smallest absolute Gasteiger partial charge is 0.396 e. The van der Waals surface area contributed by atoms with Crippen molar-refractivity contribution in [2.75, 3.05) is 27.4 Å². The summed E-state index contributed by atoms with van der Waals surface area (Å²) in [5.74, 6) is -4.76. The number of aliphatic hydroxyl groups excluding tert-OH is 2. The van der Waals surface area contributed by atoms with Crippen LogP contribution in [0.2, 0.25) is 0 Å². The van der Waals surface area contributed by atoms with Crippen molar-refractivity contribution in [3.8, 4) is 0 Å². The molecule has 3 saturated carbocycles. The molecule has 0 aromatic carbocycles. The van der Waals surface area contributed by atoms with Gasteiger partial charge in [0.25, 0.3) is 0 Å². The highest BCUT2D eigenvalue weighted by Gasteiger charge is 2.75. The third kappa shape index (κ3) is 4.59. The molecule has 0 aromatic heterocycles. The van der Waals surface area contributed by atoms with Crippen LogP contribution in [0, 0.1) is 28.6 Å². The van der Waals surface area contributed by atoms with E-state index in [0.717, 1.165) is 7.11 Å². The molecular formula is C28H38FNO10. The van der Waals surface area contributed by atoms with Gasteiger partial charge >= 0.3 is 17.8 Å². The molecule has 0 radical (unpaired) electrons. The zero-order valence-electron chi connectivity index (χ0n) is 23.4. The molecule has 4 rings (SSSR count). The van der Waals surface area contributed by atoms with Gasteiger partial charge in [-0.05, 0) is 56.6 Å². The number of aliphatic hydroxyl groups is 3. The summed E-state index contributed by atoms with van der Waals surface area (Å²) in [7, 11) is 2.24. The molecular weight excluding hydrogens is 529 g/mol. The van der Waals surface area contributed by atoms with E-state index in [9.17, 15) is 39.3 Å². The van der Waals surface area contributed by atoms with Gasteiger partial charge in [-0.15, -0.1) is 0 Å². The number of rotatable bonds is 4. The fourth-order valence-corrected chi connectivity index (χ4v) is 7.65. The predicted octanol–water partition coefficient (Wildman–Crippen LogP) is 0.344. The summed E-state index contributed by atoms with van der Waals surface area (Å²) in [5.41, 5.74) is -5.17. The molecule has 0 saturated heterocycles. The number of fused-ring (bicyclic) bond motifs is 5. The molecule has 8 atom stereocenters. The number of hydrogen-bond donors (Lipinski definition) is 4. The molecule has 222 valence electrons. The summed E-state index contributed by atoms with van der Waals surface area (Å²) < 4.78 is 25.1. The molecule has 0 aromatic rings. The molecule has 12 heteroatoms. The van der Waals surface area contributed by atoms with Crippen LogP contribution in [0.3, 0.4) is 0 Å². The summed E-state index contributed by atoms with van der Waals surface area (Å²) in [6, 6.07) is 0. The van der Waals surface area contributed by atoms with Crippen LogP contribution in [0.5, 0.6) is 0 Å². The monoisotopic (exact) mass is 567 g/mol. The van der Waals surface area contributed by atoms with Gasteiger partial charge in [0.15, 0.2) is 17.2 Å². The number of ketones is 2. The van der Waals surface area contributed by atoms with Crippen LogP contribution < -0.4 is 5.32 Å². The fourth-order valence-electron chi connectivity index (χ4n) is 7.65. The van der Waals surface area contributed by atoms with Crippen molar-refractivity contribution in [3.63, 3.8) is 0 Å². The van der Waals surface area contributed by atoms with Gasteiger partial charge in [-0.2, -0.15) is 0 Å². The van der Waals surface area contributed by atoms with Gasteiger partial charge in [0.05, 0.1) is 20.3 Å². The minimum Gasteiger partial charge on any atom is -0.468 e. The Hall–Kier alpha value is -2.96. The van der Waals surface area contributed by atoms with Gasteiger partial charge in [0.1, 0.15) is 18.8 Å². The average Bonchev–Trinajstić information content (AvgIpc) is 3.13. The number of hydrogen-bond acceptors (Lipinski definition) is 10. The number of carbonyl (C=O) groups excluding carboxylic acids is 5. The largest absolute Gasteiger partial charge is 0.468 e. The van der Waals surface area contributed by atoms with Crippen molar-refractivity contribution >= 4 is 29.4 Å². The maximum absolute atomic E-state index is 16.9. The maximum Gasteiger partial charge on any atom is 0.396 e. The topological polar surface area (TPSA) is 177 Å². The number of nitrogens with one attached hydrogen (secondary N) is 1. The van der Waals surface area contributed by atoms with Crippen molar-refractivity contribution in [1.82, 2.24) is 5.32 Å². The molecule has 11 nitrogen and oxygen atoms in total. The molecule has 0 aliphatic heterocycles. The molecule has 1 amide bonds. The second-order valence-corrected chi connectivity index (χ2v) is 11.5. The first-order chi connectivity index (χ1) is 18.6. The SMILES string of the molecule is COC(=O)CNC(=O)C(=O)OC.C[C@@H]1C[C@H]2[C@@H]3CCC4=CC(=O)C=C[C@]4(C)[C@@]3(F)[C@@H](O)C[C@]2(C)[C@@]1(O)C(=O)CO. The van der Waals surface area contributed by atoms with Crippen molar-refractivity contribution in [2.24, 2.45) is 28.6 Å². The molecule has 4 aliphatic rings. The summed E-state index contributed by atoms with van der Waals surface area (Å²) in [6.45, 7) is 4.14. The number of Topliss-reactive ketones (excluding diaryl/α,β-unsaturated/α-hetero) is 1. The van der Waals surface area contributed by atoms with Crippen molar-refractivity contribution in [2.45, 2.75) is 63.8 Å². The van der Waals surface area contributed by atoms with Gasteiger partial charge in [-0.1, -0.05) is 25.5 Å². The summed E-state index contributed by atoms with van der Waals surface area (Å²) >= 11 is 0. The van der Waals surface area contributed by atoms with Crippen molar-refractivity contribution in [3.05, 3.63) is 23.8 Å². The van der Waals surface area contributed by atoms with Gasteiger partial charge in [0, 0.05) is 16.7 Å². The van der Waals surface area contributed by atoms with Crippen LogP contribution in [-0.2, 0) is 33.4 Å². The molecule has 4 N–H and O–H groups in total. The molecule has 0 unspecified atom stereocenters. The van der Waals surface area contributed by atoms with Crippen LogP contribution in [0.1, 0.15) is 46.5 Å². The number of alkyl halides is 1. The van der Waals surface area contributed by atoms with E-state index < -0.39 is 70.3 Å². The summed E-state index contributed by atoms with van der Waals surface area (Å²) in [5, 5.41) is 34.0. The van der Waals surface area contributed by atoms with Crippen molar-refractivity contribution < 1.29 is 53.2 Å². The third-order valence-electron chi connectivity index (χ3n) is 9.78. The minimum absolute atomic E-state index is 0.0676. The zero-order valence-corrected chi connectivity index (χ0v) is 23.4. The Morgan fingerprint density at radius 2 is 1.80 bits per heavy atom. The summed E-state index contributed by atoms with van der Waals surface area (Å²) in [6.07, 6.45) is 4.44. The highest BCUT2D eigenvalue weighted by molar-refractivity contribution is 6.32. The number of halogens is 1. The lowest BCUT2D eigenvalue weighted by molar-refractivity contribution is -0.219. The van der Waals surface area contributed by atoms with E-state index in [-0.39, 0.29) is 24.7 Å². The van der Waals surface area contributed by atoms with Crippen LogP contribution in [0.25, 0.3) is 0 Å². The lowest BCUT2D eigenvalue weighted by Crippen LogP contribution is -2.69. The van der Waals surface area contributed by atoms with Gasteiger partial charge in [-0.3, -0.25) is 19.2 Å². The maximum atomic E-state index is 16.9. The van der Waals surface area contributed by atoms with E-state index >= 15 is 4.39 Å². The minimum atomic E-state index is -1.98. The fraction of sp³-hybridized carbons (Fsp3) is 0.679. The Kier molecular flexibility index (Phi) is 8.79. The number of methoxy groups -OCH3 is 2. The quantitative estimate of drug-likeness (QED) is 0.274. The standard InChI is InChI=1S/C22H29FO5.C6H9NO5/c1-12-8-16-15-5-4-13-9-14(25)6-7-19(13,2)21(15,23)17(26)10-20(16,3)22(12,28)18(27)11-24;1-11-4(8)3-7-5(9)6(10)12-2/h6-7,9,12,15-17,24,26,28H,4-5,8,10-11H2,1-3H3;3H2,1-2H3,(H,7,9)/t12-,15+,16+,17+,19+,20+,21+,22+;/m1./s1. The normalized spacial score (nSPS) is 39.3. The van der Waals surface area contributed by atoms with Crippen LogP contribution in [0.15, 0.2) is 23.8 Å². The lowest BCUT2D eigenvalue weighted by atomic mass is 9.44. The number of amides is 1. The Morgan fingerprint density at radius 3 is 2.38 bits per heavy atom. The highest BCUT2D eigenvalue weighted by atomic mass is 19.1. The second kappa shape index (κ2) is 11.1. The molecule has 3 fully saturated rings. The van der Waals surface area contributed by atoms with Crippen LogP contribution in [0.4, 0.5) is 4.39 Å². The Bertz CT molecular complexity index is 1150. The van der Waals surface area contributed by atoms with Gasteiger partial charge in [-0.25, -0.2) is 9.18 Å². The first-order valence-corrected chi connectivity index (χ1v) is 13.2.